The number of oxime groups is 1. The van der Waals surface area contributed by atoms with Crippen LogP contribution in [0.3, 0.4) is 0 Å². The van der Waals surface area contributed by atoms with Gasteiger partial charge in [-0.05, 0) is 24.5 Å². The topological polar surface area (TPSA) is 186 Å². The van der Waals surface area contributed by atoms with E-state index in [9.17, 15) is 19.5 Å². The minimum atomic E-state index is -1.20. The third-order valence-electron chi connectivity index (χ3n) is 5.36. The van der Waals surface area contributed by atoms with Crippen LogP contribution < -0.4 is 11.1 Å². The number of hydrogen-bond donors (Lipinski definition) is 3. The Bertz CT molecular complexity index is 1280. The van der Waals surface area contributed by atoms with E-state index in [1.54, 1.807) is 5.51 Å². The highest BCUT2D eigenvalue weighted by Crippen LogP contribution is 2.41. The average molecular weight is 567 g/mol. The molecule has 0 spiro atoms. The molecule has 0 radical (unpaired) electrons. The molecule has 2 amide bonds. The van der Waals surface area contributed by atoms with Crippen molar-refractivity contribution in [2.45, 2.75) is 34.7 Å². The van der Waals surface area contributed by atoms with Crippen molar-refractivity contribution in [1.82, 2.24) is 29.8 Å². The number of fused-ring (bicyclic) bond motifs is 1. The van der Waals surface area contributed by atoms with E-state index < -0.39 is 29.2 Å². The number of nitrogens with one attached hydrogen (secondary N) is 1. The zero-order valence-corrected chi connectivity index (χ0v) is 21.5. The highest BCUT2D eigenvalue weighted by molar-refractivity contribution is 8.01. The Morgan fingerprint density at radius 1 is 1.42 bits per heavy atom. The summed E-state index contributed by atoms with van der Waals surface area (Å²) in [6.07, 6.45) is 5.08. The average Bonchev–Trinajstić information content (AvgIpc) is 3.64. The number of nitrogens with two attached hydrogens (primary N) is 1. The standard InChI is InChI=1S/C19H18N8O5S4/c20-18-23-13(26-36-18)10(25-32-9-3-1-2-4-9)14(28)22-11-15(29)27-12(17(30)31)8(5-33-16(11)27)6-34-19-24-21-7-35-19/h1,3,7,9,11,16H,2,4-6H2,(H,22,28)(H,30,31)(H2,20,23,26)/b25-10-/t9?,11?,16-/m1/s1. The molecular formula is C19H18N8O5S4. The zero-order valence-electron chi connectivity index (χ0n) is 18.3. The van der Waals surface area contributed by atoms with E-state index in [0.29, 0.717) is 21.4 Å². The Balaban J connectivity index is 1.31. The van der Waals surface area contributed by atoms with Gasteiger partial charge in [0, 0.05) is 23.0 Å². The van der Waals surface area contributed by atoms with Gasteiger partial charge in [-0.25, -0.2) is 4.79 Å². The molecule has 2 unspecified atom stereocenters. The number of nitrogens with zero attached hydrogens (tertiary/aromatic N) is 6. The predicted molar refractivity (Wildman–Crippen MR) is 134 cm³/mol. The maximum Gasteiger partial charge on any atom is 0.352 e. The van der Waals surface area contributed by atoms with Crippen LogP contribution in [-0.4, -0.2) is 82.1 Å². The van der Waals surface area contributed by atoms with Crippen LogP contribution in [0.5, 0.6) is 0 Å². The second kappa shape index (κ2) is 10.5. The predicted octanol–water partition coefficient (Wildman–Crippen LogP) is 0.942. The molecular weight excluding hydrogens is 549 g/mol. The number of aromatic nitrogens is 4. The highest BCUT2D eigenvalue weighted by atomic mass is 32.2. The first-order valence-corrected chi connectivity index (χ1v) is 14.2. The first-order chi connectivity index (χ1) is 17.4. The number of carbonyl (C=O) groups is 3. The lowest BCUT2D eigenvalue weighted by Crippen LogP contribution is -2.71. The lowest BCUT2D eigenvalue weighted by Gasteiger charge is -2.49. The molecule has 5 rings (SSSR count). The number of anilines is 1. The molecule has 1 aliphatic carbocycles. The molecule has 0 aromatic carbocycles. The summed E-state index contributed by atoms with van der Waals surface area (Å²) in [5.74, 6) is -1.71. The fraction of sp³-hybridized carbons (Fsp3) is 0.368. The second-order valence-electron chi connectivity index (χ2n) is 7.66. The maximum absolute atomic E-state index is 13.1. The summed E-state index contributed by atoms with van der Waals surface area (Å²) in [4.78, 5) is 48.9. The van der Waals surface area contributed by atoms with Crippen molar-refractivity contribution in [2.24, 2.45) is 5.16 Å². The van der Waals surface area contributed by atoms with Gasteiger partial charge in [-0.3, -0.25) is 14.5 Å². The van der Waals surface area contributed by atoms with E-state index >= 15 is 0 Å². The second-order valence-corrected chi connectivity index (χ2v) is 11.6. The normalized spacial score (nSPS) is 23.4. The molecule has 36 heavy (non-hydrogen) atoms. The summed E-state index contributed by atoms with van der Waals surface area (Å²) >= 11 is 4.98. The third-order valence-corrected chi connectivity index (χ3v) is 9.19. The number of β-lactam (4-membered cyclic amide) rings is 1. The summed E-state index contributed by atoms with van der Waals surface area (Å²) in [6.45, 7) is 0. The molecule has 2 aromatic rings. The Hall–Kier alpha value is -3.02. The van der Waals surface area contributed by atoms with Crippen molar-refractivity contribution in [3.8, 4) is 0 Å². The van der Waals surface area contributed by atoms with Crippen LogP contribution in [0, 0.1) is 0 Å². The first-order valence-electron chi connectivity index (χ1n) is 10.5. The van der Waals surface area contributed by atoms with Crippen LogP contribution in [-0.2, 0) is 19.2 Å². The van der Waals surface area contributed by atoms with Crippen LogP contribution >= 0.6 is 46.4 Å². The van der Waals surface area contributed by atoms with E-state index in [0.717, 1.165) is 24.4 Å². The largest absolute Gasteiger partial charge is 0.477 e. The summed E-state index contributed by atoms with van der Waals surface area (Å²) in [7, 11) is 0. The molecule has 0 saturated carbocycles. The van der Waals surface area contributed by atoms with E-state index in [1.807, 2.05) is 12.2 Å². The number of carboxylic acids is 1. The Kier molecular flexibility index (Phi) is 7.22. The number of rotatable bonds is 9. The SMILES string of the molecule is Nc1nc(/C(=N/OC2C=CCC2)C(=O)NC2C(=O)N3C(C(=O)O)=C(CSc4nncs4)CS[C@H]23)ns1. The smallest absolute Gasteiger partial charge is 0.352 e. The first kappa shape index (κ1) is 24.7. The molecule has 4 heterocycles. The maximum atomic E-state index is 13.1. The fourth-order valence-electron chi connectivity index (χ4n) is 3.71. The van der Waals surface area contributed by atoms with Crippen LogP contribution in [0.2, 0.25) is 0 Å². The molecule has 17 heteroatoms. The zero-order chi connectivity index (χ0) is 25.2. The van der Waals surface area contributed by atoms with Crippen molar-refractivity contribution >= 4 is 75.0 Å². The molecule has 13 nitrogen and oxygen atoms in total. The summed E-state index contributed by atoms with van der Waals surface area (Å²) < 4.78 is 4.75. The van der Waals surface area contributed by atoms with Crippen LogP contribution in [0.25, 0.3) is 0 Å². The molecule has 1 fully saturated rings. The number of allylic oxidation sites excluding steroid dienone is 1. The quantitative estimate of drug-likeness (QED) is 0.128. The molecule has 4 N–H and O–H groups in total. The lowest BCUT2D eigenvalue weighted by molar-refractivity contribution is -0.150. The van der Waals surface area contributed by atoms with E-state index in [-0.39, 0.29) is 28.5 Å². The van der Waals surface area contributed by atoms with E-state index in [1.165, 1.54) is 39.8 Å². The van der Waals surface area contributed by atoms with E-state index in [2.05, 4.69) is 30.0 Å². The van der Waals surface area contributed by atoms with Gasteiger partial charge in [-0.2, -0.15) is 9.36 Å². The minimum absolute atomic E-state index is 0.0148. The van der Waals surface area contributed by atoms with Crippen LogP contribution in [0.1, 0.15) is 18.7 Å². The van der Waals surface area contributed by atoms with Gasteiger partial charge in [0.15, 0.2) is 9.47 Å². The van der Waals surface area contributed by atoms with Crippen molar-refractivity contribution < 1.29 is 24.3 Å². The number of hydrogen-bond acceptors (Lipinski definition) is 14. The summed E-state index contributed by atoms with van der Waals surface area (Å²) in [5.41, 5.74) is 7.59. The van der Waals surface area contributed by atoms with Crippen LogP contribution in [0.15, 0.2) is 38.4 Å². The van der Waals surface area contributed by atoms with Crippen molar-refractivity contribution in [1.29, 1.82) is 0 Å². The van der Waals surface area contributed by atoms with Crippen LogP contribution in [0.4, 0.5) is 5.13 Å². The number of nitrogen functional groups attached to an aromatic ring is 1. The van der Waals surface area contributed by atoms with Crippen molar-refractivity contribution in [2.75, 3.05) is 17.2 Å². The number of carbonyl (C=O) groups excluding carboxylic acids is 2. The number of amides is 2. The Labute approximate surface area is 220 Å². The molecule has 2 aromatic heterocycles. The Morgan fingerprint density at radius 2 is 2.28 bits per heavy atom. The van der Waals surface area contributed by atoms with Gasteiger partial charge in [0.25, 0.3) is 11.8 Å². The number of thioether (sulfide) groups is 2. The van der Waals surface area contributed by atoms with Gasteiger partial charge in [0.05, 0.1) is 0 Å². The minimum Gasteiger partial charge on any atom is -0.477 e. The van der Waals surface area contributed by atoms with Gasteiger partial charge >= 0.3 is 5.97 Å². The monoisotopic (exact) mass is 566 g/mol. The van der Waals surface area contributed by atoms with Gasteiger partial charge in [-0.1, -0.05) is 34.3 Å². The number of aliphatic carboxylic acids is 1. The van der Waals surface area contributed by atoms with E-state index in [4.69, 9.17) is 10.6 Å². The molecule has 1 saturated heterocycles. The van der Waals surface area contributed by atoms with Gasteiger partial charge < -0.3 is 21.0 Å². The van der Waals surface area contributed by atoms with Gasteiger partial charge in [0.1, 0.15) is 28.7 Å². The molecule has 3 atom stereocenters. The molecule has 188 valence electrons. The molecule has 0 bridgehead atoms. The fourth-order valence-corrected chi connectivity index (χ4v) is 7.11. The lowest BCUT2D eigenvalue weighted by atomic mass is 10.0. The van der Waals surface area contributed by atoms with Gasteiger partial charge in [-0.15, -0.1) is 22.0 Å². The Morgan fingerprint density at radius 3 is 2.94 bits per heavy atom. The molecule has 2 aliphatic heterocycles. The van der Waals surface area contributed by atoms with Crippen molar-refractivity contribution in [3.05, 3.63) is 34.8 Å². The summed E-state index contributed by atoms with van der Waals surface area (Å²) in [6, 6.07) is -0.943. The summed E-state index contributed by atoms with van der Waals surface area (Å²) in [5, 5.41) is 23.7. The number of carboxylic acid groups (broad SMARTS) is 1. The van der Waals surface area contributed by atoms with Crippen molar-refractivity contribution in [3.63, 3.8) is 0 Å². The van der Waals surface area contributed by atoms with Gasteiger partial charge in [0.2, 0.25) is 11.5 Å². The molecule has 3 aliphatic rings. The highest BCUT2D eigenvalue weighted by Gasteiger charge is 2.54. The third kappa shape index (κ3) is 4.95.